The number of rotatable bonds is 2. The van der Waals surface area contributed by atoms with Crippen LogP contribution in [-0.2, 0) is 4.79 Å². The SMILES string of the molecule is CC(=O)Nc1ccc(-c2cnc3ccc4ccc(N)cc4c(=O)c3c2)cc1. The Balaban J connectivity index is 1.88. The maximum atomic E-state index is 13.1. The van der Waals surface area contributed by atoms with Crippen molar-refractivity contribution in [3.8, 4) is 11.1 Å². The van der Waals surface area contributed by atoms with Gasteiger partial charge in [0.05, 0.1) is 5.52 Å². The first-order valence-corrected chi connectivity index (χ1v) is 8.51. The number of nitrogen functional groups attached to an aromatic ring is 1. The van der Waals surface area contributed by atoms with Crippen molar-refractivity contribution in [2.75, 3.05) is 11.1 Å². The van der Waals surface area contributed by atoms with Gasteiger partial charge < -0.3 is 11.1 Å². The minimum absolute atomic E-state index is 0.0958. The van der Waals surface area contributed by atoms with Gasteiger partial charge in [0.25, 0.3) is 0 Å². The van der Waals surface area contributed by atoms with E-state index in [-0.39, 0.29) is 11.3 Å². The summed E-state index contributed by atoms with van der Waals surface area (Å²) >= 11 is 0. The third-order valence-corrected chi connectivity index (χ3v) is 4.44. The van der Waals surface area contributed by atoms with Gasteiger partial charge in [0.15, 0.2) is 5.43 Å². The third kappa shape index (κ3) is 3.22. The highest BCUT2D eigenvalue weighted by molar-refractivity contribution is 5.94. The van der Waals surface area contributed by atoms with E-state index < -0.39 is 0 Å². The van der Waals surface area contributed by atoms with Crippen molar-refractivity contribution in [1.82, 2.24) is 4.98 Å². The van der Waals surface area contributed by atoms with E-state index in [1.54, 1.807) is 18.3 Å². The second-order valence-corrected chi connectivity index (χ2v) is 6.42. The van der Waals surface area contributed by atoms with Crippen molar-refractivity contribution in [2.45, 2.75) is 6.92 Å². The zero-order valence-electron chi connectivity index (χ0n) is 14.7. The number of nitrogens with one attached hydrogen (secondary N) is 1. The number of nitrogens with zero attached hydrogens (tertiary/aromatic N) is 1. The molecule has 4 aromatic rings. The topological polar surface area (TPSA) is 85.1 Å². The zero-order valence-corrected chi connectivity index (χ0v) is 14.7. The lowest BCUT2D eigenvalue weighted by atomic mass is 10.1. The standard InChI is InChI=1S/C22H17N3O2/c1-13(26)25-18-7-3-14(4-8-18)16-10-20-21(24-12-16)9-5-15-2-6-17(23)11-19(15)22(20)27/h2-12H,23H2,1H3,(H,25,26). The van der Waals surface area contributed by atoms with Crippen LogP contribution >= 0.6 is 0 Å². The van der Waals surface area contributed by atoms with E-state index in [9.17, 15) is 9.59 Å². The van der Waals surface area contributed by atoms with Crippen molar-refractivity contribution in [3.05, 3.63) is 77.1 Å². The summed E-state index contributed by atoms with van der Waals surface area (Å²) in [5.41, 5.74) is 9.41. The fourth-order valence-corrected chi connectivity index (χ4v) is 3.13. The molecule has 1 heterocycles. The lowest BCUT2D eigenvalue weighted by molar-refractivity contribution is -0.114. The number of anilines is 2. The molecule has 1 aromatic heterocycles. The summed E-state index contributed by atoms with van der Waals surface area (Å²) in [5, 5.41) is 4.68. The molecule has 5 heteroatoms. The van der Waals surface area contributed by atoms with Gasteiger partial charge in [-0.15, -0.1) is 0 Å². The Bertz CT molecular complexity index is 1250. The van der Waals surface area contributed by atoms with Crippen molar-refractivity contribution in [2.24, 2.45) is 0 Å². The third-order valence-electron chi connectivity index (χ3n) is 4.44. The largest absolute Gasteiger partial charge is 0.399 e. The summed E-state index contributed by atoms with van der Waals surface area (Å²) in [4.78, 5) is 28.7. The number of carbonyl (C=O) groups is 1. The number of pyridine rings is 1. The predicted octanol–water partition coefficient (Wildman–Crippen LogP) is 3.96. The minimum atomic E-state index is -0.121. The van der Waals surface area contributed by atoms with Gasteiger partial charge in [0.2, 0.25) is 5.91 Å². The Morgan fingerprint density at radius 3 is 2.41 bits per heavy atom. The van der Waals surface area contributed by atoms with Crippen LogP contribution in [0.15, 0.2) is 71.7 Å². The number of carbonyl (C=O) groups excluding carboxylic acids is 1. The summed E-state index contributed by atoms with van der Waals surface area (Å²) in [5.74, 6) is -0.121. The average Bonchev–Trinajstić information content (AvgIpc) is 2.79. The van der Waals surface area contributed by atoms with Crippen molar-refractivity contribution >= 4 is 39.0 Å². The van der Waals surface area contributed by atoms with Crippen LogP contribution in [0.2, 0.25) is 0 Å². The lowest BCUT2D eigenvalue weighted by Gasteiger charge is -2.05. The van der Waals surface area contributed by atoms with Crippen LogP contribution in [0.25, 0.3) is 32.8 Å². The van der Waals surface area contributed by atoms with Crippen LogP contribution in [0.3, 0.4) is 0 Å². The summed E-state index contributed by atoms with van der Waals surface area (Å²) in [6, 6.07) is 18.3. The fraction of sp³-hybridized carbons (Fsp3) is 0.0455. The second-order valence-electron chi connectivity index (χ2n) is 6.42. The molecule has 1 amide bonds. The van der Waals surface area contributed by atoms with Gasteiger partial charge in [-0.25, -0.2) is 0 Å². The molecule has 0 bridgehead atoms. The van der Waals surface area contributed by atoms with Crippen LogP contribution in [0.5, 0.6) is 0 Å². The number of fused-ring (bicyclic) bond motifs is 2. The zero-order chi connectivity index (χ0) is 19.0. The molecule has 132 valence electrons. The van der Waals surface area contributed by atoms with E-state index in [2.05, 4.69) is 10.3 Å². The number of aromatic nitrogens is 1. The van der Waals surface area contributed by atoms with Gasteiger partial charge in [-0.2, -0.15) is 0 Å². The maximum Gasteiger partial charge on any atom is 0.221 e. The van der Waals surface area contributed by atoms with Crippen molar-refractivity contribution in [3.63, 3.8) is 0 Å². The first-order chi connectivity index (χ1) is 13.0. The van der Waals surface area contributed by atoms with Gasteiger partial charge in [-0.3, -0.25) is 14.6 Å². The van der Waals surface area contributed by atoms with Gasteiger partial charge in [-0.05, 0) is 47.3 Å². The molecule has 0 atom stereocenters. The van der Waals surface area contributed by atoms with E-state index in [0.29, 0.717) is 22.0 Å². The molecular formula is C22H17N3O2. The molecule has 0 aliphatic carbocycles. The van der Waals surface area contributed by atoms with Crippen LogP contribution in [-0.4, -0.2) is 10.9 Å². The Morgan fingerprint density at radius 2 is 1.67 bits per heavy atom. The van der Waals surface area contributed by atoms with E-state index in [1.165, 1.54) is 6.92 Å². The van der Waals surface area contributed by atoms with E-state index in [4.69, 9.17) is 5.73 Å². The molecule has 0 saturated heterocycles. The molecule has 0 radical (unpaired) electrons. The molecular weight excluding hydrogens is 338 g/mol. The maximum absolute atomic E-state index is 13.1. The minimum Gasteiger partial charge on any atom is -0.399 e. The molecule has 0 saturated carbocycles. The summed E-state index contributed by atoms with van der Waals surface area (Å²) < 4.78 is 0. The quantitative estimate of drug-likeness (QED) is 0.533. The van der Waals surface area contributed by atoms with E-state index in [0.717, 1.165) is 22.2 Å². The molecule has 4 rings (SSSR count). The monoisotopic (exact) mass is 355 g/mol. The Morgan fingerprint density at radius 1 is 0.926 bits per heavy atom. The first-order valence-electron chi connectivity index (χ1n) is 8.51. The summed E-state index contributed by atoms with van der Waals surface area (Å²) in [7, 11) is 0. The fourth-order valence-electron chi connectivity index (χ4n) is 3.13. The van der Waals surface area contributed by atoms with Crippen molar-refractivity contribution < 1.29 is 4.79 Å². The van der Waals surface area contributed by atoms with Crippen LogP contribution < -0.4 is 16.5 Å². The van der Waals surface area contributed by atoms with Gasteiger partial charge in [-0.1, -0.05) is 24.3 Å². The summed E-state index contributed by atoms with van der Waals surface area (Å²) in [6.45, 7) is 1.47. The normalized spacial score (nSPS) is 10.9. The average molecular weight is 355 g/mol. The first kappa shape index (κ1) is 16.7. The molecule has 0 fully saturated rings. The lowest BCUT2D eigenvalue weighted by Crippen LogP contribution is -2.05. The Hall–Kier alpha value is -3.73. The smallest absolute Gasteiger partial charge is 0.221 e. The van der Waals surface area contributed by atoms with Crippen LogP contribution in [0.4, 0.5) is 11.4 Å². The highest BCUT2D eigenvalue weighted by Gasteiger charge is 2.07. The van der Waals surface area contributed by atoms with Gasteiger partial charge in [0, 0.05) is 40.8 Å². The second kappa shape index (κ2) is 6.53. The Kier molecular flexibility index (Phi) is 4.05. The van der Waals surface area contributed by atoms with Gasteiger partial charge in [0.1, 0.15) is 0 Å². The molecule has 3 N–H and O–H groups in total. The van der Waals surface area contributed by atoms with Gasteiger partial charge >= 0.3 is 0 Å². The highest BCUT2D eigenvalue weighted by atomic mass is 16.1. The number of hydrogen-bond donors (Lipinski definition) is 2. The molecule has 0 aliphatic rings. The van der Waals surface area contributed by atoms with Crippen molar-refractivity contribution in [1.29, 1.82) is 0 Å². The van der Waals surface area contributed by atoms with Crippen LogP contribution in [0.1, 0.15) is 6.92 Å². The number of nitrogens with two attached hydrogens (primary N) is 1. The number of amides is 1. The van der Waals surface area contributed by atoms with E-state index >= 15 is 0 Å². The van der Waals surface area contributed by atoms with Crippen LogP contribution in [0, 0.1) is 0 Å². The number of hydrogen-bond acceptors (Lipinski definition) is 4. The molecule has 0 unspecified atom stereocenters. The number of benzene rings is 2. The highest BCUT2D eigenvalue weighted by Crippen LogP contribution is 2.24. The molecule has 27 heavy (non-hydrogen) atoms. The molecule has 0 spiro atoms. The molecule has 0 aliphatic heterocycles. The van der Waals surface area contributed by atoms with E-state index in [1.807, 2.05) is 48.5 Å². The summed E-state index contributed by atoms with van der Waals surface area (Å²) in [6.07, 6.45) is 1.74. The predicted molar refractivity (Wildman–Crippen MR) is 110 cm³/mol. The molecule has 5 nitrogen and oxygen atoms in total. The Labute approximate surface area is 155 Å². The molecule has 3 aromatic carbocycles.